The normalized spacial score (nSPS) is 11.6. The van der Waals surface area contributed by atoms with Crippen molar-refractivity contribution in [3.8, 4) is 0 Å². The Morgan fingerprint density at radius 2 is 1.62 bits per heavy atom. The molecule has 0 unspecified atom stereocenters. The molecule has 0 bridgehead atoms. The summed E-state index contributed by atoms with van der Waals surface area (Å²) in [5.41, 5.74) is -0.554. The van der Waals surface area contributed by atoms with Crippen molar-refractivity contribution >= 4 is 5.91 Å². The zero-order valence-corrected chi connectivity index (χ0v) is 11.0. The zero-order valence-electron chi connectivity index (χ0n) is 11.0. The van der Waals surface area contributed by atoms with Crippen molar-refractivity contribution in [2.24, 2.45) is 0 Å². The number of nitrogens with zero attached hydrogens (tertiary/aromatic N) is 1. The molecular weight excluding hydrogens is 208 g/mol. The standard InChI is InChI=1S/C11H24N2O3/c1-11(2,12-3)10(14)13(6-8-15-4)7-9-16-5/h12H,6-9H2,1-5H3. The maximum absolute atomic E-state index is 12.2. The van der Waals surface area contributed by atoms with Gasteiger partial charge in [0.25, 0.3) is 0 Å². The summed E-state index contributed by atoms with van der Waals surface area (Å²) in [5, 5.41) is 3.00. The second kappa shape index (κ2) is 7.60. The third kappa shape index (κ3) is 4.92. The van der Waals surface area contributed by atoms with Crippen molar-refractivity contribution in [3.05, 3.63) is 0 Å². The van der Waals surface area contributed by atoms with Crippen molar-refractivity contribution in [2.75, 3.05) is 47.6 Å². The molecule has 0 spiro atoms. The molecule has 0 rings (SSSR count). The number of hydrogen-bond donors (Lipinski definition) is 1. The van der Waals surface area contributed by atoms with Gasteiger partial charge in [-0.05, 0) is 20.9 Å². The predicted octanol–water partition coefficient (Wildman–Crippen LogP) is 0.106. The van der Waals surface area contributed by atoms with E-state index >= 15 is 0 Å². The number of amides is 1. The van der Waals surface area contributed by atoms with Gasteiger partial charge in [-0.3, -0.25) is 4.79 Å². The number of likely N-dealkylation sites (N-methyl/N-ethyl adjacent to an activating group) is 1. The van der Waals surface area contributed by atoms with Crippen LogP contribution >= 0.6 is 0 Å². The molecule has 0 aromatic rings. The number of hydrogen-bond acceptors (Lipinski definition) is 4. The number of rotatable bonds is 8. The van der Waals surface area contributed by atoms with Crippen molar-refractivity contribution in [2.45, 2.75) is 19.4 Å². The Bertz CT molecular complexity index is 199. The lowest BCUT2D eigenvalue weighted by atomic mass is 10.0. The van der Waals surface area contributed by atoms with E-state index in [0.717, 1.165) is 0 Å². The Labute approximate surface area is 98.1 Å². The summed E-state index contributed by atoms with van der Waals surface area (Å²) in [7, 11) is 5.03. The fourth-order valence-corrected chi connectivity index (χ4v) is 1.22. The molecule has 0 aliphatic heterocycles. The van der Waals surface area contributed by atoms with E-state index in [-0.39, 0.29) is 5.91 Å². The number of methoxy groups -OCH3 is 2. The van der Waals surface area contributed by atoms with Crippen molar-refractivity contribution in [3.63, 3.8) is 0 Å². The van der Waals surface area contributed by atoms with Crippen LogP contribution < -0.4 is 5.32 Å². The van der Waals surface area contributed by atoms with Gasteiger partial charge in [0, 0.05) is 27.3 Å². The van der Waals surface area contributed by atoms with Crippen LogP contribution in [0, 0.1) is 0 Å². The first-order valence-corrected chi connectivity index (χ1v) is 5.45. The molecule has 5 heteroatoms. The van der Waals surface area contributed by atoms with Gasteiger partial charge in [0.1, 0.15) is 0 Å². The maximum atomic E-state index is 12.2. The molecule has 0 fully saturated rings. The highest BCUT2D eigenvalue weighted by Gasteiger charge is 2.29. The van der Waals surface area contributed by atoms with Gasteiger partial charge in [0.2, 0.25) is 5.91 Å². The highest BCUT2D eigenvalue weighted by Crippen LogP contribution is 2.07. The van der Waals surface area contributed by atoms with E-state index < -0.39 is 5.54 Å². The summed E-state index contributed by atoms with van der Waals surface area (Å²) in [6.07, 6.45) is 0. The fraction of sp³-hybridized carbons (Fsp3) is 0.909. The van der Waals surface area contributed by atoms with E-state index in [9.17, 15) is 4.79 Å². The lowest BCUT2D eigenvalue weighted by Crippen LogP contribution is -2.54. The summed E-state index contributed by atoms with van der Waals surface area (Å²) in [6.45, 7) is 5.97. The van der Waals surface area contributed by atoms with Crippen LogP contribution in [0.2, 0.25) is 0 Å². The lowest BCUT2D eigenvalue weighted by Gasteiger charge is -2.31. The molecule has 0 aliphatic carbocycles. The van der Waals surface area contributed by atoms with Crippen LogP contribution in [0.3, 0.4) is 0 Å². The third-order valence-electron chi connectivity index (χ3n) is 2.58. The van der Waals surface area contributed by atoms with E-state index in [4.69, 9.17) is 9.47 Å². The van der Waals surface area contributed by atoms with Crippen LogP contribution in [-0.4, -0.2) is 63.9 Å². The Kier molecular flexibility index (Phi) is 7.29. The minimum absolute atomic E-state index is 0.0594. The van der Waals surface area contributed by atoms with Crippen LogP contribution in [0.4, 0.5) is 0 Å². The second-order valence-corrected chi connectivity index (χ2v) is 4.15. The van der Waals surface area contributed by atoms with E-state index in [1.54, 1.807) is 26.2 Å². The lowest BCUT2D eigenvalue weighted by molar-refractivity contribution is -0.138. The molecule has 0 heterocycles. The van der Waals surface area contributed by atoms with E-state index in [0.29, 0.717) is 26.3 Å². The summed E-state index contributed by atoms with van der Waals surface area (Å²) in [6, 6.07) is 0. The van der Waals surface area contributed by atoms with Gasteiger partial charge in [0.15, 0.2) is 0 Å². The Balaban J connectivity index is 4.42. The van der Waals surface area contributed by atoms with Crippen LogP contribution in [0.5, 0.6) is 0 Å². The van der Waals surface area contributed by atoms with Gasteiger partial charge >= 0.3 is 0 Å². The summed E-state index contributed by atoms with van der Waals surface area (Å²) in [4.78, 5) is 13.9. The highest BCUT2D eigenvalue weighted by atomic mass is 16.5. The van der Waals surface area contributed by atoms with Gasteiger partial charge < -0.3 is 19.7 Å². The molecule has 1 amide bonds. The number of nitrogens with one attached hydrogen (secondary N) is 1. The molecule has 0 saturated heterocycles. The molecule has 0 atom stereocenters. The first-order chi connectivity index (χ1) is 7.49. The topological polar surface area (TPSA) is 50.8 Å². The summed E-state index contributed by atoms with van der Waals surface area (Å²) >= 11 is 0. The average molecular weight is 232 g/mol. The maximum Gasteiger partial charge on any atom is 0.242 e. The molecule has 0 aliphatic rings. The van der Waals surface area contributed by atoms with Gasteiger partial charge in [-0.15, -0.1) is 0 Å². The predicted molar refractivity (Wildman–Crippen MR) is 63.5 cm³/mol. The molecule has 0 radical (unpaired) electrons. The van der Waals surface area contributed by atoms with Gasteiger partial charge in [-0.2, -0.15) is 0 Å². The van der Waals surface area contributed by atoms with Gasteiger partial charge in [-0.25, -0.2) is 0 Å². The first kappa shape index (κ1) is 15.3. The molecule has 96 valence electrons. The van der Waals surface area contributed by atoms with E-state index in [1.807, 2.05) is 13.8 Å². The molecular formula is C11H24N2O3. The molecule has 5 nitrogen and oxygen atoms in total. The molecule has 0 saturated carbocycles. The highest BCUT2D eigenvalue weighted by molar-refractivity contribution is 5.85. The quantitative estimate of drug-likeness (QED) is 0.645. The SMILES string of the molecule is CNC(C)(C)C(=O)N(CCOC)CCOC. The van der Waals surface area contributed by atoms with Crippen molar-refractivity contribution in [1.29, 1.82) is 0 Å². The summed E-state index contributed by atoms with van der Waals surface area (Å²) in [5.74, 6) is 0.0594. The smallest absolute Gasteiger partial charge is 0.242 e. The van der Waals surface area contributed by atoms with Crippen molar-refractivity contribution < 1.29 is 14.3 Å². The van der Waals surface area contributed by atoms with Crippen LogP contribution in [-0.2, 0) is 14.3 Å². The minimum atomic E-state index is -0.554. The summed E-state index contributed by atoms with van der Waals surface area (Å²) < 4.78 is 9.99. The Morgan fingerprint density at radius 3 is 1.94 bits per heavy atom. The molecule has 0 aromatic heterocycles. The molecule has 1 N–H and O–H groups in total. The van der Waals surface area contributed by atoms with Crippen LogP contribution in [0.25, 0.3) is 0 Å². The van der Waals surface area contributed by atoms with Crippen molar-refractivity contribution in [1.82, 2.24) is 10.2 Å². The third-order valence-corrected chi connectivity index (χ3v) is 2.58. The van der Waals surface area contributed by atoms with Crippen LogP contribution in [0.15, 0.2) is 0 Å². The Hall–Kier alpha value is -0.650. The van der Waals surface area contributed by atoms with Gasteiger partial charge in [-0.1, -0.05) is 0 Å². The monoisotopic (exact) mass is 232 g/mol. The first-order valence-electron chi connectivity index (χ1n) is 5.45. The molecule has 0 aromatic carbocycles. The molecule has 16 heavy (non-hydrogen) atoms. The van der Waals surface area contributed by atoms with E-state index in [1.165, 1.54) is 0 Å². The fourth-order valence-electron chi connectivity index (χ4n) is 1.22. The minimum Gasteiger partial charge on any atom is -0.383 e. The Morgan fingerprint density at radius 1 is 1.19 bits per heavy atom. The number of carbonyl (C=O) groups is 1. The van der Waals surface area contributed by atoms with Crippen LogP contribution in [0.1, 0.15) is 13.8 Å². The number of ether oxygens (including phenoxy) is 2. The average Bonchev–Trinajstić information content (AvgIpc) is 2.28. The zero-order chi connectivity index (χ0) is 12.6. The van der Waals surface area contributed by atoms with E-state index in [2.05, 4.69) is 5.32 Å². The number of carbonyl (C=O) groups excluding carboxylic acids is 1. The van der Waals surface area contributed by atoms with Gasteiger partial charge in [0.05, 0.1) is 18.8 Å². The second-order valence-electron chi connectivity index (χ2n) is 4.15. The largest absolute Gasteiger partial charge is 0.383 e.